The summed E-state index contributed by atoms with van der Waals surface area (Å²) in [6.07, 6.45) is 0. The van der Waals surface area contributed by atoms with Crippen LogP contribution < -0.4 is 0 Å². The summed E-state index contributed by atoms with van der Waals surface area (Å²) in [6.45, 7) is 5.01. The van der Waals surface area contributed by atoms with Crippen molar-refractivity contribution in [2.45, 2.75) is 26.1 Å². The zero-order valence-electron chi connectivity index (χ0n) is 9.08. The van der Waals surface area contributed by atoms with Gasteiger partial charge in [-0.25, -0.2) is 0 Å². The first kappa shape index (κ1) is 8.93. The third-order valence-corrected chi connectivity index (χ3v) is 3.21. The van der Waals surface area contributed by atoms with Crippen molar-refractivity contribution in [1.29, 1.82) is 0 Å². The van der Waals surface area contributed by atoms with Gasteiger partial charge in [0.15, 0.2) is 0 Å². The van der Waals surface area contributed by atoms with Crippen LogP contribution in [-0.2, 0) is 16.9 Å². The van der Waals surface area contributed by atoms with E-state index in [0.29, 0.717) is 0 Å². The molecular formula is C14H14O. The van der Waals surface area contributed by atoms with E-state index >= 15 is 0 Å². The Bertz CT molecular complexity index is 526. The van der Waals surface area contributed by atoms with Crippen LogP contribution >= 0.6 is 0 Å². The quantitative estimate of drug-likeness (QED) is 0.628. The minimum atomic E-state index is -0.126. The van der Waals surface area contributed by atoms with E-state index in [9.17, 15) is 0 Å². The van der Waals surface area contributed by atoms with Gasteiger partial charge >= 0.3 is 0 Å². The molecule has 1 aliphatic rings. The molecule has 3 rings (SSSR count). The Balaban J connectivity index is 2.33. The summed E-state index contributed by atoms with van der Waals surface area (Å²) in [4.78, 5) is 0. The van der Waals surface area contributed by atoms with Crippen LogP contribution in [0.4, 0.5) is 0 Å². The molecule has 0 aliphatic carbocycles. The molecular weight excluding hydrogens is 184 g/mol. The Morgan fingerprint density at radius 3 is 2.47 bits per heavy atom. The number of rotatable bonds is 0. The summed E-state index contributed by atoms with van der Waals surface area (Å²) >= 11 is 0. The molecule has 0 N–H and O–H groups in total. The van der Waals surface area contributed by atoms with E-state index in [-0.39, 0.29) is 5.60 Å². The second-order valence-corrected chi connectivity index (χ2v) is 4.66. The maximum Gasteiger partial charge on any atom is 0.0883 e. The fourth-order valence-electron chi connectivity index (χ4n) is 2.30. The van der Waals surface area contributed by atoms with E-state index < -0.39 is 0 Å². The minimum Gasteiger partial charge on any atom is -0.366 e. The summed E-state index contributed by atoms with van der Waals surface area (Å²) in [5.74, 6) is 0. The smallest absolute Gasteiger partial charge is 0.0883 e. The van der Waals surface area contributed by atoms with Gasteiger partial charge in [-0.05, 0) is 47.9 Å². The molecule has 0 unspecified atom stereocenters. The van der Waals surface area contributed by atoms with Crippen LogP contribution in [0, 0.1) is 0 Å². The van der Waals surface area contributed by atoms with Crippen LogP contribution in [-0.4, -0.2) is 0 Å². The Labute approximate surface area is 89.7 Å². The molecule has 0 spiro atoms. The SMILES string of the molecule is CC1(C)OCc2cc3ccccc3cc21. The lowest BCUT2D eigenvalue weighted by molar-refractivity contribution is -0.00785. The van der Waals surface area contributed by atoms with Crippen molar-refractivity contribution in [3.05, 3.63) is 47.5 Å². The molecule has 1 heteroatoms. The molecule has 0 bridgehead atoms. The molecule has 0 amide bonds. The molecule has 0 atom stereocenters. The number of fused-ring (bicyclic) bond motifs is 2. The predicted molar refractivity (Wildman–Crippen MR) is 61.8 cm³/mol. The topological polar surface area (TPSA) is 9.23 Å². The first-order valence-electron chi connectivity index (χ1n) is 5.33. The predicted octanol–water partition coefficient (Wildman–Crippen LogP) is 3.61. The van der Waals surface area contributed by atoms with E-state index in [2.05, 4.69) is 50.2 Å². The Hall–Kier alpha value is -1.34. The van der Waals surface area contributed by atoms with Crippen LogP contribution in [0.15, 0.2) is 36.4 Å². The Morgan fingerprint density at radius 2 is 1.73 bits per heavy atom. The zero-order valence-corrected chi connectivity index (χ0v) is 9.08. The van der Waals surface area contributed by atoms with E-state index in [1.807, 2.05) is 0 Å². The van der Waals surface area contributed by atoms with Crippen molar-refractivity contribution in [2.75, 3.05) is 0 Å². The van der Waals surface area contributed by atoms with E-state index in [1.165, 1.54) is 21.9 Å². The Kier molecular flexibility index (Phi) is 1.68. The number of ether oxygens (including phenoxy) is 1. The third-order valence-electron chi connectivity index (χ3n) is 3.21. The molecule has 0 radical (unpaired) electrons. The van der Waals surface area contributed by atoms with Crippen LogP contribution in [0.2, 0.25) is 0 Å². The van der Waals surface area contributed by atoms with Gasteiger partial charge in [0.1, 0.15) is 0 Å². The van der Waals surface area contributed by atoms with Crippen molar-refractivity contribution in [1.82, 2.24) is 0 Å². The van der Waals surface area contributed by atoms with Gasteiger partial charge in [0.25, 0.3) is 0 Å². The molecule has 0 saturated carbocycles. The summed E-state index contributed by atoms with van der Waals surface area (Å²) in [5, 5.41) is 2.60. The summed E-state index contributed by atoms with van der Waals surface area (Å²) in [7, 11) is 0. The highest BCUT2D eigenvalue weighted by Gasteiger charge is 2.30. The van der Waals surface area contributed by atoms with Crippen molar-refractivity contribution in [3.63, 3.8) is 0 Å². The van der Waals surface area contributed by atoms with Crippen LogP contribution in [0.1, 0.15) is 25.0 Å². The summed E-state index contributed by atoms with van der Waals surface area (Å²) in [6, 6.07) is 13.0. The first-order chi connectivity index (χ1) is 7.17. The van der Waals surface area contributed by atoms with Gasteiger partial charge in [0.05, 0.1) is 12.2 Å². The fourth-order valence-corrected chi connectivity index (χ4v) is 2.30. The Morgan fingerprint density at radius 1 is 1.07 bits per heavy atom. The molecule has 15 heavy (non-hydrogen) atoms. The molecule has 0 fully saturated rings. The van der Waals surface area contributed by atoms with E-state index in [4.69, 9.17) is 4.74 Å². The molecule has 0 saturated heterocycles. The average molecular weight is 198 g/mol. The largest absolute Gasteiger partial charge is 0.366 e. The molecule has 76 valence electrons. The van der Waals surface area contributed by atoms with Crippen molar-refractivity contribution >= 4 is 10.8 Å². The number of hydrogen-bond donors (Lipinski definition) is 0. The number of benzene rings is 2. The lowest BCUT2D eigenvalue weighted by Gasteiger charge is -2.18. The zero-order chi connectivity index (χ0) is 10.5. The van der Waals surface area contributed by atoms with Crippen molar-refractivity contribution in [3.8, 4) is 0 Å². The van der Waals surface area contributed by atoms with Crippen molar-refractivity contribution < 1.29 is 4.74 Å². The van der Waals surface area contributed by atoms with Gasteiger partial charge in [-0.2, -0.15) is 0 Å². The highest BCUT2D eigenvalue weighted by molar-refractivity contribution is 5.84. The fraction of sp³-hybridized carbons (Fsp3) is 0.286. The van der Waals surface area contributed by atoms with Crippen LogP contribution in [0.25, 0.3) is 10.8 Å². The van der Waals surface area contributed by atoms with E-state index in [0.717, 1.165) is 6.61 Å². The maximum atomic E-state index is 5.78. The van der Waals surface area contributed by atoms with Crippen LogP contribution in [0.3, 0.4) is 0 Å². The minimum absolute atomic E-state index is 0.126. The lowest BCUT2D eigenvalue weighted by Crippen LogP contribution is -2.14. The molecule has 2 aromatic carbocycles. The molecule has 1 nitrogen and oxygen atoms in total. The highest BCUT2D eigenvalue weighted by Crippen LogP contribution is 2.37. The molecule has 2 aromatic rings. The lowest BCUT2D eigenvalue weighted by atomic mass is 9.93. The van der Waals surface area contributed by atoms with Gasteiger partial charge in [-0.15, -0.1) is 0 Å². The maximum absolute atomic E-state index is 5.78. The summed E-state index contributed by atoms with van der Waals surface area (Å²) < 4.78 is 5.78. The first-order valence-corrected chi connectivity index (χ1v) is 5.33. The van der Waals surface area contributed by atoms with Gasteiger partial charge in [0, 0.05) is 0 Å². The molecule has 1 heterocycles. The monoisotopic (exact) mass is 198 g/mol. The molecule has 1 aliphatic heterocycles. The van der Waals surface area contributed by atoms with E-state index in [1.54, 1.807) is 0 Å². The second-order valence-electron chi connectivity index (χ2n) is 4.66. The van der Waals surface area contributed by atoms with Gasteiger partial charge in [-0.1, -0.05) is 24.3 Å². The van der Waals surface area contributed by atoms with Gasteiger partial charge in [0.2, 0.25) is 0 Å². The van der Waals surface area contributed by atoms with Gasteiger partial charge < -0.3 is 4.74 Å². The van der Waals surface area contributed by atoms with Crippen molar-refractivity contribution in [2.24, 2.45) is 0 Å². The van der Waals surface area contributed by atoms with Crippen LogP contribution in [0.5, 0.6) is 0 Å². The highest BCUT2D eigenvalue weighted by atomic mass is 16.5. The number of hydrogen-bond acceptors (Lipinski definition) is 1. The molecule has 0 aromatic heterocycles. The van der Waals surface area contributed by atoms with Gasteiger partial charge in [-0.3, -0.25) is 0 Å². The normalized spacial score (nSPS) is 18.0. The summed E-state index contributed by atoms with van der Waals surface area (Å²) in [5.41, 5.74) is 2.54. The third kappa shape index (κ3) is 1.27. The average Bonchev–Trinajstić information content (AvgIpc) is 2.52. The second kappa shape index (κ2) is 2.83. The standard InChI is InChI=1S/C14H14O/c1-14(2)13-8-11-6-4-3-5-10(11)7-12(13)9-15-14/h3-8H,9H2,1-2H3.